The van der Waals surface area contributed by atoms with Gasteiger partial charge < -0.3 is 0 Å². The summed E-state index contributed by atoms with van der Waals surface area (Å²) in [5.74, 6) is 0. The van der Waals surface area contributed by atoms with Crippen LogP contribution < -0.4 is 0 Å². The van der Waals surface area contributed by atoms with Crippen LogP contribution in [0.15, 0.2) is 35.8 Å². The van der Waals surface area contributed by atoms with Gasteiger partial charge in [-0.2, -0.15) is 0 Å². The molecule has 1 aromatic carbocycles. The predicted molar refractivity (Wildman–Crippen MR) is 48.4 cm³/mol. The van der Waals surface area contributed by atoms with Crippen molar-refractivity contribution in [2.24, 2.45) is 4.99 Å². The number of hydrogen-bond acceptors (Lipinski definition) is 2. The molecule has 1 aromatic rings. The SMILES string of the molecule is C=Cc1cccc(CN=C=O)c1. The molecule has 2 nitrogen and oxygen atoms in total. The molecule has 60 valence electrons. The van der Waals surface area contributed by atoms with Crippen molar-refractivity contribution in [2.75, 3.05) is 0 Å². The maximum atomic E-state index is 9.82. The fraction of sp³-hybridized carbons (Fsp3) is 0.100. The molecule has 0 aliphatic heterocycles. The van der Waals surface area contributed by atoms with Gasteiger partial charge in [0.15, 0.2) is 0 Å². The topological polar surface area (TPSA) is 29.4 Å². The lowest BCUT2D eigenvalue weighted by Crippen LogP contribution is -1.81. The molecule has 0 fully saturated rings. The van der Waals surface area contributed by atoms with Gasteiger partial charge in [-0.05, 0) is 17.2 Å². The Balaban J connectivity index is 2.85. The summed E-state index contributed by atoms with van der Waals surface area (Å²) in [6, 6.07) is 7.70. The third-order valence-electron chi connectivity index (χ3n) is 1.51. The van der Waals surface area contributed by atoms with Crippen molar-refractivity contribution in [1.82, 2.24) is 0 Å². The van der Waals surface area contributed by atoms with E-state index >= 15 is 0 Å². The molecule has 0 unspecified atom stereocenters. The summed E-state index contributed by atoms with van der Waals surface area (Å²) in [4.78, 5) is 13.3. The summed E-state index contributed by atoms with van der Waals surface area (Å²) < 4.78 is 0. The van der Waals surface area contributed by atoms with Gasteiger partial charge in [-0.1, -0.05) is 30.9 Å². The molecule has 0 amide bonds. The molecule has 1 rings (SSSR count). The Morgan fingerprint density at radius 3 is 3.08 bits per heavy atom. The molecule has 0 bridgehead atoms. The van der Waals surface area contributed by atoms with Crippen molar-refractivity contribution in [3.05, 3.63) is 42.0 Å². The average molecular weight is 159 g/mol. The highest BCUT2D eigenvalue weighted by molar-refractivity contribution is 5.48. The normalized spacial score (nSPS) is 8.67. The summed E-state index contributed by atoms with van der Waals surface area (Å²) >= 11 is 0. The fourth-order valence-corrected chi connectivity index (χ4v) is 0.942. The first-order chi connectivity index (χ1) is 5.86. The number of rotatable bonds is 3. The van der Waals surface area contributed by atoms with Crippen molar-refractivity contribution in [3.63, 3.8) is 0 Å². The van der Waals surface area contributed by atoms with Crippen molar-refractivity contribution in [1.29, 1.82) is 0 Å². The quantitative estimate of drug-likeness (QED) is 0.491. The van der Waals surface area contributed by atoms with Crippen LogP contribution in [0.3, 0.4) is 0 Å². The molecule has 0 aromatic heterocycles. The first-order valence-electron chi connectivity index (χ1n) is 3.62. The largest absolute Gasteiger partial charge is 0.235 e. The predicted octanol–water partition coefficient (Wildman–Crippen LogP) is 2.17. The van der Waals surface area contributed by atoms with Crippen molar-refractivity contribution < 1.29 is 4.79 Å². The van der Waals surface area contributed by atoms with E-state index in [1.807, 2.05) is 24.3 Å². The number of nitrogens with zero attached hydrogens (tertiary/aromatic N) is 1. The van der Waals surface area contributed by atoms with E-state index in [1.165, 1.54) is 6.08 Å². The molecule has 0 radical (unpaired) electrons. The molecule has 0 heterocycles. The summed E-state index contributed by atoms with van der Waals surface area (Å²) in [5, 5.41) is 0. The molecule has 0 N–H and O–H groups in total. The lowest BCUT2D eigenvalue weighted by molar-refractivity contribution is 0.563. The number of carbonyl (C=O) groups excluding carboxylic acids is 1. The van der Waals surface area contributed by atoms with Gasteiger partial charge in [-0.3, -0.25) is 0 Å². The van der Waals surface area contributed by atoms with Gasteiger partial charge in [0.1, 0.15) is 0 Å². The van der Waals surface area contributed by atoms with E-state index in [1.54, 1.807) is 6.08 Å². The standard InChI is InChI=1S/C10H9NO/c1-2-9-4-3-5-10(6-9)7-11-8-12/h2-6H,1,7H2. The third-order valence-corrected chi connectivity index (χ3v) is 1.51. The number of hydrogen-bond donors (Lipinski definition) is 0. The van der Waals surface area contributed by atoms with E-state index in [-0.39, 0.29) is 0 Å². The van der Waals surface area contributed by atoms with Gasteiger partial charge in [-0.25, -0.2) is 9.79 Å². The highest BCUT2D eigenvalue weighted by Crippen LogP contribution is 2.06. The Hall–Kier alpha value is -1.66. The Morgan fingerprint density at radius 1 is 1.58 bits per heavy atom. The van der Waals surface area contributed by atoms with E-state index in [0.29, 0.717) is 6.54 Å². The van der Waals surface area contributed by atoms with Crippen molar-refractivity contribution in [3.8, 4) is 0 Å². The maximum absolute atomic E-state index is 9.82. The maximum Gasteiger partial charge on any atom is 0.235 e. The summed E-state index contributed by atoms with van der Waals surface area (Å²) in [6.07, 6.45) is 3.26. The molecular weight excluding hydrogens is 150 g/mol. The van der Waals surface area contributed by atoms with Gasteiger partial charge in [0.05, 0.1) is 6.54 Å². The highest BCUT2D eigenvalue weighted by Gasteiger charge is 1.90. The number of benzene rings is 1. The van der Waals surface area contributed by atoms with Crippen LogP contribution in [0, 0.1) is 0 Å². The lowest BCUT2D eigenvalue weighted by Gasteiger charge is -1.96. The third kappa shape index (κ3) is 2.19. The van der Waals surface area contributed by atoms with Gasteiger partial charge in [0.2, 0.25) is 6.08 Å². The summed E-state index contributed by atoms with van der Waals surface area (Å²) in [6.45, 7) is 4.04. The highest BCUT2D eigenvalue weighted by atomic mass is 16.1. The zero-order chi connectivity index (χ0) is 8.81. The van der Waals surface area contributed by atoms with E-state index in [4.69, 9.17) is 0 Å². The zero-order valence-electron chi connectivity index (χ0n) is 6.66. The van der Waals surface area contributed by atoms with E-state index in [9.17, 15) is 4.79 Å². The van der Waals surface area contributed by atoms with Gasteiger partial charge >= 0.3 is 0 Å². The number of aliphatic imine (C=N–C) groups is 1. The lowest BCUT2D eigenvalue weighted by atomic mass is 10.1. The van der Waals surface area contributed by atoms with Crippen LogP contribution >= 0.6 is 0 Å². The van der Waals surface area contributed by atoms with E-state index < -0.39 is 0 Å². The Morgan fingerprint density at radius 2 is 2.42 bits per heavy atom. The molecule has 0 atom stereocenters. The fourth-order valence-electron chi connectivity index (χ4n) is 0.942. The van der Waals surface area contributed by atoms with Crippen molar-refractivity contribution in [2.45, 2.75) is 6.54 Å². The minimum Gasteiger partial charge on any atom is -0.211 e. The molecule has 0 saturated carbocycles. The molecule has 0 aliphatic rings. The van der Waals surface area contributed by atoms with Gasteiger partial charge in [0, 0.05) is 0 Å². The van der Waals surface area contributed by atoms with E-state index in [0.717, 1.165) is 11.1 Å². The number of isocyanates is 1. The molecule has 0 spiro atoms. The van der Waals surface area contributed by atoms with Crippen LogP contribution in [0.4, 0.5) is 0 Å². The van der Waals surface area contributed by atoms with Crippen LogP contribution in [-0.4, -0.2) is 6.08 Å². The second-order valence-corrected chi connectivity index (χ2v) is 2.36. The molecule has 0 aliphatic carbocycles. The molecule has 0 saturated heterocycles. The van der Waals surface area contributed by atoms with Crippen LogP contribution in [0.2, 0.25) is 0 Å². The van der Waals surface area contributed by atoms with Crippen LogP contribution in [0.5, 0.6) is 0 Å². The van der Waals surface area contributed by atoms with Crippen LogP contribution in [0.25, 0.3) is 6.08 Å². The minimum atomic E-state index is 0.394. The average Bonchev–Trinajstić information content (AvgIpc) is 2.15. The smallest absolute Gasteiger partial charge is 0.211 e. The van der Waals surface area contributed by atoms with Crippen LogP contribution in [-0.2, 0) is 11.3 Å². The minimum absolute atomic E-state index is 0.394. The first kappa shape index (κ1) is 8.44. The Kier molecular flexibility index (Phi) is 3.00. The van der Waals surface area contributed by atoms with Gasteiger partial charge in [0.25, 0.3) is 0 Å². The van der Waals surface area contributed by atoms with Crippen LogP contribution in [0.1, 0.15) is 11.1 Å². The molecular formula is C10H9NO. The Bertz CT molecular complexity index is 324. The summed E-state index contributed by atoms with van der Waals surface area (Å²) in [7, 11) is 0. The second kappa shape index (κ2) is 4.27. The zero-order valence-corrected chi connectivity index (χ0v) is 6.66. The Labute approximate surface area is 71.3 Å². The van der Waals surface area contributed by atoms with E-state index in [2.05, 4.69) is 11.6 Å². The molecule has 2 heteroatoms. The molecule has 12 heavy (non-hydrogen) atoms. The van der Waals surface area contributed by atoms with Crippen molar-refractivity contribution >= 4 is 12.2 Å². The monoisotopic (exact) mass is 159 g/mol. The van der Waals surface area contributed by atoms with Gasteiger partial charge in [-0.15, -0.1) is 0 Å². The summed E-state index contributed by atoms with van der Waals surface area (Å²) in [5.41, 5.74) is 2.03. The second-order valence-electron chi connectivity index (χ2n) is 2.36. The first-order valence-corrected chi connectivity index (χ1v) is 3.62.